The molecule has 8 heteroatoms. The molecule has 2 rings (SSSR count). The molecule has 2 N–H and O–H groups in total. The average Bonchev–Trinajstić information content (AvgIpc) is 2.38. The van der Waals surface area contributed by atoms with Gasteiger partial charge in [-0.1, -0.05) is 0 Å². The average molecular weight is 303 g/mol. The van der Waals surface area contributed by atoms with Crippen LogP contribution in [-0.4, -0.2) is 48.1 Å². The first kappa shape index (κ1) is 14.9. The molecular formula is C12H14FNO5S. The first-order valence-electron chi connectivity index (χ1n) is 6.03. The number of carboxylic acid groups (broad SMARTS) is 1. The molecule has 1 aliphatic heterocycles. The van der Waals surface area contributed by atoms with E-state index in [1.165, 1.54) is 0 Å². The third-order valence-corrected chi connectivity index (χ3v) is 5.15. The van der Waals surface area contributed by atoms with Crippen LogP contribution in [0.3, 0.4) is 0 Å². The van der Waals surface area contributed by atoms with Crippen molar-refractivity contribution in [2.24, 2.45) is 0 Å². The number of nitrogens with zero attached hydrogens (tertiary/aromatic N) is 1. The van der Waals surface area contributed by atoms with Gasteiger partial charge in [-0.15, -0.1) is 0 Å². The number of rotatable bonds is 3. The predicted octanol–water partition coefficient (Wildman–Crippen LogP) is 0.669. The molecule has 6 nitrogen and oxygen atoms in total. The Hall–Kier alpha value is -1.51. The highest BCUT2D eigenvalue weighted by molar-refractivity contribution is 7.89. The summed E-state index contributed by atoms with van der Waals surface area (Å²) in [5, 5.41) is 18.4. The van der Waals surface area contributed by atoms with E-state index in [0.29, 0.717) is 6.07 Å². The summed E-state index contributed by atoms with van der Waals surface area (Å²) >= 11 is 0. The largest absolute Gasteiger partial charge is 0.478 e. The van der Waals surface area contributed by atoms with Crippen molar-refractivity contribution in [2.45, 2.75) is 23.8 Å². The molecule has 0 bridgehead atoms. The Labute approximate surface area is 115 Å². The molecule has 1 aliphatic rings. The summed E-state index contributed by atoms with van der Waals surface area (Å²) in [6.07, 6.45) is -0.0126. The number of carbonyl (C=O) groups is 1. The molecule has 0 spiro atoms. The first-order chi connectivity index (χ1) is 9.32. The summed E-state index contributed by atoms with van der Waals surface area (Å²) in [5.41, 5.74) is -0.461. The zero-order chi connectivity index (χ0) is 14.9. The van der Waals surface area contributed by atoms with E-state index in [4.69, 9.17) is 5.11 Å². The molecule has 1 saturated heterocycles. The third kappa shape index (κ3) is 2.82. The molecule has 0 aliphatic carbocycles. The van der Waals surface area contributed by atoms with Crippen LogP contribution in [0.25, 0.3) is 0 Å². The smallest absolute Gasteiger partial charge is 0.337 e. The maximum Gasteiger partial charge on any atom is 0.337 e. The number of piperidine rings is 1. The zero-order valence-corrected chi connectivity index (χ0v) is 11.3. The summed E-state index contributed by atoms with van der Waals surface area (Å²) < 4.78 is 39.1. The van der Waals surface area contributed by atoms with Gasteiger partial charge in [-0.2, -0.15) is 4.31 Å². The topological polar surface area (TPSA) is 94.9 Å². The van der Waals surface area contributed by atoms with Gasteiger partial charge in [0.1, 0.15) is 5.82 Å². The van der Waals surface area contributed by atoms with Crippen LogP contribution in [0.1, 0.15) is 23.2 Å². The van der Waals surface area contributed by atoms with Crippen molar-refractivity contribution < 1.29 is 27.8 Å². The van der Waals surface area contributed by atoms with Gasteiger partial charge in [0.15, 0.2) is 0 Å². The number of carboxylic acids is 1. The predicted molar refractivity (Wildman–Crippen MR) is 67.4 cm³/mol. The van der Waals surface area contributed by atoms with Crippen LogP contribution in [0.15, 0.2) is 23.1 Å². The second-order valence-corrected chi connectivity index (χ2v) is 6.49. The number of halogens is 1. The maximum atomic E-state index is 13.3. The second kappa shape index (κ2) is 5.47. The summed E-state index contributed by atoms with van der Waals surface area (Å²) in [4.78, 5) is 10.5. The van der Waals surface area contributed by atoms with E-state index in [2.05, 4.69) is 0 Å². The van der Waals surface area contributed by atoms with Crippen LogP contribution in [0.5, 0.6) is 0 Å². The highest BCUT2D eigenvalue weighted by Crippen LogP contribution is 2.24. The van der Waals surface area contributed by atoms with Crippen LogP contribution in [0.2, 0.25) is 0 Å². The molecule has 110 valence electrons. The third-order valence-electron chi connectivity index (χ3n) is 3.22. The van der Waals surface area contributed by atoms with Gasteiger partial charge in [0.2, 0.25) is 10.0 Å². The van der Waals surface area contributed by atoms with Crippen LogP contribution in [-0.2, 0) is 10.0 Å². The summed E-state index contributed by atoms with van der Waals surface area (Å²) in [6, 6.07) is 2.55. The van der Waals surface area contributed by atoms with Gasteiger partial charge in [-0.25, -0.2) is 17.6 Å². The summed E-state index contributed by atoms with van der Waals surface area (Å²) in [6.45, 7) is 0.165. The molecule has 0 saturated carbocycles. The fourth-order valence-electron chi connectivity index (χ4n) is 2.11. The van der Waals surface area contributed by atoms with Gasteiger partial charge in [-0.05, 0) is 31.0 Å². The number of hydrogen-bond donors (Lipinski definition) is 2. The minimum Gasteiger partial charge on any atom is -0.478 e. The van der Waals surface area contributed by atoms with E-state index in [1.54, 1.807) is 0 Å². The Balaban J connectivity index is 2.43. The zero-order valence-electron chi connectivity index (χ0n) is 10.5. The van der Waals surface area contributed by atoms with Crippen LogP contribution in [0, 0.1) is 5.82 Å². The van der Waals surface area contributed by atoms with Crippen LogP contribution < -0.4 is 0 Å². The van der Waals surface area contributed by atoms with Crippen molar-refractivity contribution in [1.82, 2.24) is 4.31 Å². The molecule has 0 amide bonds. The lowest BCUT2D eigenvalue weighted by Gasteiger charge is -2.29. The molecule has 0 radical (unpaired) electrons. The Morgan fingerprint density at radius 3 is 2.45 bits per heavy atom. The minimum atomic E-state index is -4.08. The summed E-state index contributed by atoms with van der Waals surface area (Å²) in [5.74, 6) is -2.24. The molecule has 20 heavy (non-hydrogen) atoms. The second-order valence-electron chi connectivity index (χ2n) is 4.58. The Morgan fingerprint density at radius 1 is 1.30 bits per heavy atom. The van der Waals surface area contributed by atoms with Crippen molar-refractivity contribution in [3.05, 3.63) is 29.6 Å². The monoisotopic (exact) mass is 303 g/mol. The number of sulfonamides is 1. The van der Waals surface area contributed by atoms with E-state index in [-0.39, 0.29) is 25.9 Å². The lowest BCUT2D eigenvalue weighted by Crippen LogP contribution is -2.40. The van der Waals surface area contributed by atoms with E-state index in [0.717, 1.165) is 16.4 Å². The molecular weight excluding hydrogens is 289 g/mol. The standard InChI is InChI=1S/C12H14FNO5S/c13-8-1-2-10(12(16)17)11(7-8)20(18,19)14-5-3-9(15)4-6-14/h1-2,7,9,15H,3-6H2,(H,16,17). The number of aliphatic hydroxyl groups excluding tert-OH is 1. The van der Waals surface area contributed by atoms with Crippen LogP contribution >= 0.6 is 0 Å². The van der Waals surface area contributed by atoms with Crippen LogP contribution in [0.4, 0.5) is 4.39 Å². The number of hydrogen-bond acceptors (Lipinski definition) is 4. The molecule has 1 aromatic rings. The molecule has 0 unspecified atom stereocenters. The van der Waals surface area contributed by atoms with E-state index >= 15 is 0 Å². The molecule has 0 aromatic heterocycles. The molecule has 1 aromatic carbocycles. The van der Waals surface area contributed by atoms with Gasteiger partial charge in [0.05, 0.1) is 16.6 Å². The van der Waals surface area contributed by atoms with Gasteiger partial charge >= 0.3 is 5.97 Å². The van der Waals surface area contributed by atoms with Gasteiger partial charge < -0.3 is 10.2 Å². The van der Waals surface area contributed by atoms with Crippen molar-refractivity contribution in [2.75, 3.05) is 13.1 Å². The first-order valence-corrected chi connectivity index (χ1v) is 7.47. The number of aromatic carboxylic acids is 1. The SMILES string of the molecule is O=C(O)c1ccc(F)cc1S(=O)(=O)N1CCC(O)CC1. The van der Waals surface area contributed by atoms with E-state index in [9.17, 15) is 22.7 Å². The summed E-state index contributed by atoms with van der Waals surface area (Å²) in [7, 11) is -4.08. The maximum absolute atomic E-state index is 13.3. The van der Waals surface area contributed by atoms with E-state index < -0.39 is 38.4 Å². The quantitative estimate of drug-likeness (QED) is 0.856. The molecule has 0 atom stereocenters. The fraction of sp³-hybridized carbons (Fsp3) is 0.417. The Kier molecular flexibility index (Phi) is 4.07. The van der Waals surface area contributed by atoms with Gasteiger partial charge in [0, 0.05) is 13.1 Å². The number of benzene rings is 1. The lowest BCUT2D eigenvalue weighted by atomic mass is 10.1. The van der Waals surface area contributed by atoms with Crippen molar-refractivity contribution >= 4 is 16.0 Å². The highest BCUT2D eigenvalue weighted by atomic mass is 32.2. The minimum absolute atomic E-state index is 0.0824. The van der Waals surface area contributed by atoms with Crippen molar-refractivity contribution in [1.29, 1.82) is 0 Å². The van der Waals surface area contributed by atoms with Crippen molar-refractivity contribution in [3.8, 4) is 0 Å². The van der Waals surface area contributed by atoms with Gasteiger partial charge in [-0.3, -0.25) is 0 Å². The van der Waals surface area contributed by atoms with Gasteiger partial charge in [0.25, 0.3) is 0 Å². The Bertz CT molecular complexity index is 623. The molecule has 1 heterocycles. The van der Waals surface area contributed by atoms with E-state index in [1.807, 2.05) is 0 Å². The normalized spacial score (nSPS) is 18.1. The number of aliphatic hydroxyl groups is 1. The fourth-order valence-corrected chi connectivity index (χ4v) is 3.77. The Morgan fingerprint density at radius 2 is 1.90 bits per heavy atom. The van der Waals surface area contributed by atoms with Crippen molar-refractivity contribution in [3.63, 3.8) is 0 Å². The molecule has 1 fully saturated rings. The lowest BCUT2D eigenvalue weighted by molar-refractivity contribution is 0.0691. The highest BCUT2D eigenvalue weighted by Gasteiger charge is 2.32.